The fourth-order valence-corrected chi connectivity index (χ4v) is 0.788. The second kappa shape index (κ2) is 3.60. The Hall–Kier alpha value is -1.73. The van der Waals surface area contributed by atoms with E-state index >= 15 is 0 Å². The van der Waals surface area contributed by atoms with E-state index in [1.54, 1.807) is 6.07 Å². The Kier molecular flexibility index (Phi) is 2.51. The second-order valence-corrected chi connectivity index (χ2v) is 2.16. The zero-order valence-corrected chi connectivity index (χ0v) is 6.25. The van der Waals surface area contributed by atoms with Crippen molar-refractivity contribution in [3.05, 3.63) is 42.2 Å². The smallest absolute Gasteiger partial charge is 0.211 e. The van der Waals surface area contributed by atoms with E-state index in [1.807, 2.05) is 0 Å². The Labute approximate surface area is 69.1 Å². The van der Waals surface area contributed by atoms with Gasteiger partial charge in [0.25, 0.3) is 0 Å². The van der Waals surface area contributed by atoms with Crippen LogP contribution in [0.3, 0.4) is 0 Å². The van der Waals surface area contributed by atoms with Crippen LogP contribution < -0.4 is 0 Å². The summed E-state index contributed by atoms with van der Waals surface area (Å²) in [5.41, 5.74) is 0.697. The Morgan fingerprint density at radius 3 is 2.92 bits per heavy atom. The maximum atomic E-state index is 12.6. The van der Waals surface area contributed by atoms with Crippen molar-refractivity contribution in [2.45, 2.75) is 0 Å². The topological polar surface area (TPSA) is 29.4 Å². The highest BCUT2D eigenvalue weighted by Crippen LogP contribution is 2.13. The predicted molar refractivity (Wildman–Crippen MR) is 43.6 cm³/mol. The molecule has 2 nitrogen and oxygen atoms in total. The van der Waals surface area contributed by atoms with Gasteiger partial charge in [0, 0.05) is 5.56 Å². The number of hydrogen-bond acceptors (Lipinski definition) is 2. The number of nitrogens with zero attached hydrogens (tertiary/aromatic N) is 1. The molecule has 0 amide bonds. The molecule has 0 aliphatic carbocycles. The van der Waals surface area contributed by atoms with Crippen molar-refractivity contribution >= 4 is 11.8 Å². The van der Waals surface area contributed by atoms with E-state index in [-0.39, 0.29) is 11.5 Å². The van der Waals surface area contributed by atoms with Gasteiger partial charge in [-0.25, -0.2) is 9.18 Å². The Balaban J connectivity index is 3.03. The lowest BCUT2D eigenvalue weighted by atomic mass is 10.2. The van der Waals surface area contributed by atoms with Crippen LogP contribution in [0.2, 0.25) is 0 Å². The molecule has 12 heavy (non-hydrogen) atoms. The second-order valence-electron chi connectivity index (χ2n) is 2.16. The molecule has 0 aliphatic rings. The Morgan fingerprint density at radius 2 is 2.33 bits per heavy atom. The number of benzene rings is 1. The molecular weight excluding hydrogens is 157 g/mol. The van der Waals surface area contributed by atoms with E-state index in [9.17, 15) is 9.18 Å². The molecule has 3 heteroatoms. The van der Waals surface area contributed by atoms with Crippen LogP contribution in [0.5, 0.6) is 0 Å². The van der Waals surface area contributed by atoms with Gasteiger partial charge >= 0.3 is 0 Å². The van der Waals surface area contributed by atoms with Gasteiger partial charge in [0.05, 0.1) is 5.70 Å². The van der Waals surface area contributed by atoms with Gasteiger partial charge in [-0.2, -0.15) is 4.99 Å². The largest absolute Gasteiger partial charge is 0.240 e. The molecule has 60 valence electrons. The summed E-state index contributed by atoms with van der Waals surface area (Å²) in [6.45, 7) is 3.46. The van der Waals surface area contributed by atoms with Crippen molar-refractivity contribution in [3.8, 4) is 0 Å². The van der Waals surface area contributed by atoms with E-state index in [2.05, 4.69) is 11.6 Å². The average molecular weight is 163 g/mol. The fraction of sp³-hybridized carbons (Fsp3) is 0. The zero-order chi connectivity index (χ0) is 8.97. The first kappa shape index (κ1) is 8.37. The molecule has 0 saturated carbocycles. The van der Waals surface area contributed by atoms with E-state index in [0.29, 0.717) is 5.56 Å². The number of isocyanates is 1. The van der Waals surface area contributed by atoms with E-state index in [1.165, 1.54) is 24.3 Å². The van der Waals surface area contributed by atoms with Crippen LogP contribution >= 0.6 is 0 Å². The molecule has 0 fully saturated rings. The normalized spacial score (nSPS) is 8.75. The van der Waals surface area contributed by atoms with Gasteiger partial charge in [-0.1, -0.05) is 18.7 Å². The van der Waals surface area contributed by atoms with Crippen LogP contribution in [0.4, 0.5) is 4.39 Å². The fourth-order valence-electron chi connectivity index (χ4n) is 0.788. The molecule has 1 aromatic rings. The number of carbonyl (C=O) groups excluding carboxylic acids is 1. The number of rotatable bonds is 2. The Morgan fingerprint density at radius 1 is 1.58 bits per heavy atom. The van der Waals surface area contributed by atoms with Gasteiger partial charge in [-0.05, 0) is 12.1 Å². The van der Waals surface area contributed by atoms with Crippen LogP contribution in [0.25, 0.3) is 5.70 Å². The molecule has 0 spiro atoms. The van der Waals surface area contributed by atoms with Crippen molar-refractivity contribution < 1.29 is 9.18 Å². The highest BCUT2D eigenvalue weighted by atomic mass is 19.1. The molecule has 0 bridgehead atoms. The van der Waals surface area contributed by atoms with Gasteiger partial charge in [0.1, 0.15) is 5.82 Å². The summed E-state index contributed by atoms with van der Waals surface area (Å²) in [5, 5.41) is 0. The van der Waals surface area contributed by atoms with Gasteiger partial charge in [-0.3, -0.25) is 0 Å². The molecule has 0 heterocycles. The zero-order valence-electron chi connectivity index (χ0n) is 6.25. The monoisotopic (exact) mass is 163 g/mol. The maximum Gasteiger partial charge on any atom is 0.240 e. The number of hydrogen-bond donors (Lipinski definition) is 0. The standard InChI is InChI=1S/C9H6FNO/c1-7(11-6-12)8-3-2-4-9(10)5-8/h2-5H,1H2. The van der Waals surface area contributed by atoms with Crippen molar-refractivity contribution in [1.82, 2.24) is 0 Å². The highest BCUT2D eigenvalue weighted by Gasteiger charge is 1.97. The molecule has 0 aromatic heterocycles. The minimum absolute atomic E-state index is 0.213. The summed E-state index contributed by atoms with van der Waals surface area (Å²) >= 11 is 0. The lowest BCUT2D eigenvalue weighted by molar-refractivity contribution is 0.565. The Bertz CT molecular complexity index is 353. The van der Waals surface area contributed by atoms with Crippen molar-refractivity contribution in [3.63, 3.8) is 0 Å². The summed E-state index contributed by atoms with van der Waals surface area (Å²) in [7, 11) is 0. The van der Waals surface area contributed by atoms with E-state index in [4.69, 9.17) is 0 Å². The van der Waals surface area contributed by atoms with Crippen molar-refractivity contribution in [1.29, 1.82) is 0 Å². The molecule has 0 atom stereocenters. The summed E-state index contributed by atoms with van der Waals surface area (Å²) in [4.78, 5) is 13.1. The van der Waals surface area contributed by atoms with Gasteiger partial charge in [0.2, 0.25) is 6.08 Å². The molecule has 0 aliphatic heterocycles. The molecule has 0 saturated heterocycles. The molecule has 0 N–H and O–H groups in total. The molecule has 1 rings (SSSR count). The third kappa shape index (κ3) is 1.87. The lowest BCUT2D eigenvalue weighted by Gasteiger charge is -1.96. The minimum Gasteiger partial charge on any atom is -0.211 e. The quantitative estimate of drug-likeness (QED) is 0.485. The van der Waals surface area contributed by atoms with Crippen molar-refractivity contribution in [2.24, 2.45) is 4.99 Å². The van der Waals surface area contributed by atoms with Crippen LogP contribution in [-0.2, 0) is 4.79 Å². The van der Waals surface area contributed by atoms with Crippen LogP contribution in [0.1, 0.15) is 5.56 Å². The molecule has 0 radical (unpaired) electrons. The highest BCUT2D eigenvalue weighted by molar-refractivity contribution is 5.66. The molecule has 1 aromatic carbocycles. The summed E-state index contributed by atoms with van der Waals surface area (Å²) in [5.74, 6) is -0.380. The van der Waals surface area contributed by atoms with Crippen LogP contribution in [0.15, 0.2) is 35.8 Å². The van der Waals surface area contributed by atoms with Crippen molar-refractivity contribution in [2.75, 3.05) is 0 Å². The SMILES string of the molecule is C=C(N=C=O)c1cccc(F)c1. The molecular formula is C9H6FNO. The molecule has 0 unspecified atom stereocenters. The summed E-state index contributed by atoms with van der Waals surface area (Å²) in [6, 6.07) is 5.70. The van der Waals surface area contributed by atoms with Crippen LogP contribution in [-0.4, -0.2) is 6.08 Å². The number of halogens is 1. The van der Waals surface area contributed by atoms with Crippen LogP contribution in [0, 0.1) is 5.82 Å². The predicted octanol–water partition coefficient (Wildman–Crippen LogP) is 2.13. The van der Waals surface area contributed by atoms with Gasteiger partial charge in [-0.15, -0.1) is 0 Å². The summed E-state index contributed by atoms with van der Waals surface area (Å²) in [6.07, 6.45) is 1.34. The first-order valence-electron chi connectivity index (χ1n) is 3.27. The third-order valence-electron chi connectivity index (χ3n) is 1.34. The minimum atomic E-state index is -0.380. The first-order chi connectivity index (χ1) is 5.74. The summed E-state index contributed by atoms with van der Waals surface area (Å²) < 4.78 is 12.6. The van der Waals surface area contributed by atoms with Gasteiger partial charge in [0.15, 0.2) is 0 Å². The third-order valence-corrected chi connectivity index (χ3v) is 1.34. The average Bonchev–Trinajstić information content (AvgIpc) is 2.05. The van der Waals surface area contributed by atoms with E-state index < -0.39 is 0 Å². The maximum absolute atomic E-state index is 12.6. The van der Waals surface area contributed by atoms with E-state index in [0.717, 1.165) is 0 Å². The lowest BCUT2D eigenvalue weighted by Crippen LogP contribution is -1.80. The van der Waals surface area contributed by atoms with Gasteiger partial charge < -0.3 is 0 Å². The number of aliphatic imine (C=N–C) groups is 1. The first-order valence-corrected chi connectivity index (χ1v) is 3.27.